The van der Waals surface area contributed by atoms with Gasteiger partial charge in [-0.2, -0.15) is 0 Å². The van der Waals surface area contributed by atoms with Crippen LogP contribution in [0.15, 0.2) is 47.6 Å². The zero-order chi connectivity index (χ0) is 17.6. The Bertz CT molecular complexity index is 785. The highest BCUT2D eigenvalue weighted by Gasteiger charge is 2.44. The molecule has 0 atom stereocenters. The molecular formula is C18H16N2O4. The van der Waals surface area contributed by atoms with Gasteiger partial charge in [0, 0.05) is 23.3 Å². The van der Waals surface area contributed by atoms with Crippen LogP contribution in [-0.4, -0.2) is 33.4 Å². The zero-order valence-corrected chi connectivity index (χ0v) is 13.6. The lowest BCUT2D eigenvalue weighted by molar-refractivity contribution is -0.153. The second kappa shape index (κ2) is 5.56. The Labute approximate surface area is 139 Å². The average molecular weight is 324 g/mol. The van der Waals surface area contributed by atoms with Crippen LogP contribution >= 0.6 is 0 Å². The van der Waals surface area contributed by atoms with E-state index in [9.17, 15) is 19.2 Å². The molecule has 2 aliphatic rings. The number of benzene rings is 1. The first-order valence-corrected chi connectivity index (χ1v) is 7.49. The topological polar surface area (TPSA) is 74.8 Å². The number of aryl methyl sites for hydroxylation is 1. The van der Waals surface area contributed by atoms with E-state index in [1.54, 1.807) is 24.3 Å². The number of amides is 4. The van der Waals surface area contributed by atoms with Crippen molar-refractivity contribution >= 4 is 23.6 Å². The fourth-order valence-corrected chi connectivity index (χ4v) is 2.83. The summed E-state index contributed by atoms with van der Waals surface area (Å²) in [6, 6.07) is 7.03. The molecule has 0 N–H and O–H groups in total. The second-order valence-electron chi connectivity index (χ2n) is 5.97. The van der Waals surface area contributed by atoms with E-state index in [4.69, 9.17) is 0 Å². The summed E-state index contributed by atoms with van der Waals surface area (Å²) in [4.78, 5) is 51.3. The van der Waals surface area contributed by atoms with Gasteiger partial charge in [0.05, 0.1) is 0 Å². The van der Waals surface area contributed by atoms with E-state index in [0.717, 1.165) is 15.4 Å². The van der Waals surface area contributed by atoms with Crippen molar-refractivity contribution in [3.63, 3.8) is 0 Å². The molecule has 3 rings (SSSR count). The molecule has 0 spiro atoms. The Balaban J connectivity index is 2.11. The third kappa shape index (κ3) is 2.36. The van der Waals surface area contributed by atoms with Crippen molar-refractivity contribution < 1.29 is 19.2 Å². The van der Waals surface area contributed by atoms with Gasteiger partial charge in [-0.05, 0) is 26.3 Å². The Hall–Kier alpha value is -3.02. The van der Waals surface area contributed by atoms with E-state index in [1.165, 1.54) is 26.0 Å². The van der Waals surface area contributed by atoms with Crippen LogP contribution in [0.3, 0.4) is 0 Å². The SMILES string of the molecule is CC1=CC(=O)N(C(c2ccc(C)cc2)N2C(=O)C=C(C)C2=O)C1=O. The minimum Gasteiger partial charge on any atom is -0.269 e. The molecule has 6 heteroatoms. The number of carbonyl (C=O) groups is 4. The van der Waals surface area contributed by atoms with E-state index in [0.29, 0.717) is 5.56 Å². The van der Waals surface area contributed by atoms with Crippen LogP contribution in [0.25, 0.3) is 0 Å². The molecule has 0 aromatic heterocycles. The van der Waals surface area contributed by atoms with Gasteiger partial charge >= 0.3 is 0 Å². The molecule has 2 heterocycles. The average Bonchev–Trinajstić information content (AvgIpc) is 2.92. The van der Waals surface area contributed by atoms with Crippen molar-refractivity contribution in [3.05, 3.63) is 58.7 Å². The predicted molar refractivity (Wildman–Crippen MR) is 85.1 cm³/mol. The quantitative estimate of drug-likeness (QED) is 0.792. The van der Waals surface area contributed by atoms with E-state index < -0.39 is 29.8 Å². The van der Waals surface area contributed by atoms with Crippen molar-refractivity contribution in [2.45, 2.75) is 26.9 Å². The molecule has 1 aromatic carbocycles. The van der Waals surface area contributed by atoms with Crippen LogP contribution in [0, 0.1) is 6.92 Å². The number of carbonyl (C=O) groups excluding carboxylic acids is 4. The highest BCUT2D eigenvalue weighted by Crippen LogP contribution is 2.33. The molecule has 4 amide bonds. The van der Waals surface area contributed by atoms with Crippen LogP contribution in [0.1, 0.15) is 31.1 Å². The van der Waals surface area contributed by atoms with Gasteiger partial charge in [0.15, 0.2) is 0 Å². The van der Waals surface area contributed by atoms with Crippen LogP contribution < -0.4 is 0 Å². The maximum absolute atomic E-state index is 12.4. The molecule has 0 radical (unpaired) electrons. The first-order valence-electron chi connectivity index (χ1n) is 7.49. The van der Waals surface area contributed by atoms with Gasteiger partial charge in [0.1, 0.15) is 6.17 Å². The van der Waals surface area contributed by atoms with E-state index in [2.05, 4.69) is 0 Å². The van der Waals surface area contributed by atoms with Crippen molar-refractivity contribution in [2.75, 3.05) is 0 Å². The summed E-state index contributed by atoms with van der Waals surface area (Å²) in [7, 11) is 0. The Kier molecular flexibility index (Phi) is 3.67. The first-order chi connectivity index (χ1) is 11.3. The maximum Gasteiger partial charge on any atom is 0.258 e. The normalized spacial score (nSPS) is 18.0. The van der Waals surface area contributed by atoms with Gasteiger partial charge in [-0.1, -0.05) is 29.8 Å². The molecule has 1 aromatic rings. The Morgan fingerprint density at radius 3 is 1.46 bits per heavy atom. The number of imide groups is 2. The maximum atomic E-state index is 12.4. The Morgan fingerprint density at radius 2 is 1.12 bits per heavy atom. The monoisotopic (exact) mass is 324 g/mol. The van der Waals surface area contributed by atoms with Crippen molar-refractivity contribution in [2.24, 2.45) is 0 Å². The highest BCUT2D eigenvalue weighted by atomic mass is 16.2. The number of hydrogen-bond acceptors (Lipinski definition) is 4. The molecule has 0 aliphatic carbocycles. The lowest BCUT2D eigenvalue weighted by Gasteiger charge is -2.33. The Morgan fingerprint density at radius 1 is 0.708 bits per heavy atom. The highest BCUT2D eigenvalue weighted by molar-refractivity contribution is 6.19. The predicted octanol–water partition coefficient (Wildman–Crippen LogP) is 1.62. The van der Waals surface area contributed by atoms with Gasteiger partial charge in [0.25, 0.3) is 23.6 Å². The minimum absolute atomic E-state index is 0.279. The van der Waals surface area contributed by atoms with Gasteiger partial charge < -0.3 is 0 Å². The van der Waals surface area contributed by atoms with Gasteiger partial charge in [-0.15, -0.1) is 0 Å². The second-order valence-corrected chi connectivity index (χ2v) is 5.97. The van der Waals surface area contributed by atoms with Crippen molar-refractivity contribution in [1.29, 1.82) is 0 Å². The van der Waals surface area contributed by atoms with E-state index in [1.807, 2.05) is 6.92 Å². The van der Waals surface area contributed by atoms with Crippen molar-refractivity contribution in [3.8, 4) is 0 Å². The number of hydrogen-bond donors (Lipinski definition) is 0. The zero-order valence-electron chi connectivity index (χ0n) is 13.6. The fraction of sp³-hybridized carbons (Fsp3) is 0.222. The third-order valence-electron chi connectivity index (χ3n) is 4.13. The molecule has 6 nitrogen and oxygen atoms in total. The van der Waals surface area contributed by atoms with E-state index in [-0.39, 0.29) is 11.1 Å². The summed E-state index contributed by atoms with van der Waals surface area (Å²) in [5.74, 6) is -2.08. The summed E-state index contributed by atoms with van der Waals surface area (Å²) < 4.78 is 0. The summed E-state index contributed by atoms with van der Waals surface area (Å²) in [6.07, 6.45) is 1.34. The summed E-state index contributed by atoms with van der Waals surface area (Å²) >= 11 is 0. The van der Waals surface area contributed by atoms with Gasteiger partial charge in [0.2, 0.25) is 0 Å². The molecular weight excluding hydrogens is 308 g/mol. The van der Waals surface area contributed by atoms with Crippen LogP contribution in [0.4, 0.5) is 0 Å². The van der Waals surface area contributed by atoms with Gasteiger partial charge in [-0.25, -0.2) is 9.80 Å². The fourth-order valence-electron chi connectivity index (χ4n) is 2.83. The smallest absolute Gasteiger partial charge is 0.258 e. The van der Waals surface area contributed by atoms with Crippen LogP contribution in [0.5, 0.6) is 0 Å². The van der Waals surface area contributed by atoms with E-state index >= 15 is 0 Å². The number of rotatable bonds is 3. The number of nitrogens with zero attached hydrogens (tertiary/aromatic N) is 2. The van der Waals surface area contributed by atoms with Crippen LogP contribution in [0.2, 0.25) is 0 Å². The standard InChI is InChI=1S/C18H16N2O4/c1-10-4-6-13(7-5-10)16(19-14(21)8-11(2)17(19)23)20-15(22)9-12(3)18(20)24/h4-9,16H,1-3H3. The van der Waals surface area contributed by atoms with Crippen molar-refractivity contribution in [1.82, 2.24) is 9.80 Å². The molecule has 0 bridgehead atoms. The lowest BCUT2D eigenvalue weighted by Crippen LogP contribution is -2.47. The molecule has 0 saturated heterocycles. The van der Waals surface area contributed by atoms with Gasteiger partial charge in [-0.3, -0.25) is 19.2 Å². The molecule has 24 heavy (non-hydrogen) atoms. The first kappa shape index (κ1) is 15.9. The molecule has 122 valence electrons. The molecule has 0 fully saturated rings. The van der Waals surface area contributed by atoms with Crippen LogP contribution in [-0.2, 0) is 19.2 Å². The largest absolute Gasteiger partial charge is 0.269 e. The molecule has 0 unspecified atom stereocenters. The minimum atomic E-state index is -1.09. The summed E-state index contributed by atoms with van der Waals surface area (Å²) in [5.41, 5.74) is 2.07. The third-order valence-corrected chi connectivity index (χ3v) is 4.13. The summed E-state index contributed by atoms with van der Waals surface area (Å²) in [6.45, 7) is 4.96. The summed E-state index contributed by atoms with van der Waals surface area (Å²) in [5, 5.41) is 0. The molecule has 0 saturated carbocycles. The lowest BCUT2D eigenvalue weighted by atomic mass is 10.1. The molecule has 2 aliphatic heterocycles.